The van der Waals surface area contributed by atoms with Gasteiger partial charge in [0.25, 0.3) is 0 Å². The number of amides is 2. The van der Waals surface area contributed by atoms with Crippen LogP contribution < -0.4 is 5.32 Å². The Morgan fingerprint density at radius 2 is 1.87 bits per heavy atom. The van der Waals surface area contributed by atoms with Crippen LogP contribution in [0.2, 0.25) is 0 Å². The molecule has 30 heavy (non-hydrogen) atoms. The van der Waals surface area contributed by atoms with Crippen LogP contribution in [0.15, 0.2) is 30.3 Å². The van der Waals surface area contributed by atoms with Crippen molar-refractivity contribution in [3.63, 3.8) is 0 Å². The highest BCUT2D eigenvalue weighted by molar-refractivity contribution is 5.94. The highest BCUT2D eigenvalue weighted by Gasteiger charge is 2.23. The molecule has 2 rings (SSSR count). The molecule has 1 aromatic heterocycles. The van der Waals surface area contributed by atoms with Crippen molar-refractivity contribution >= 4 is 17.6 Å². The predicted molar refractivity (Wildman–Crippen MR) is 122 cm³/mol. The lowest BCUT2D eigenvalue weighted by atomic mass is 9.92. The van der Waals surface area contributed by atoms with Gasteiger partial charge in [-0.05, 0) is 37.5 Å². The van der Waals surface area contributed by atoms with E-state index in [4.69, 9.17) is 5.10 Å². The van der Waals surface area contributed by atoms with Gasteiger partial charge in [-0.3, -0.25) is 9.59 Å². The molecule has 164 valence electrons. The maximum absolute atomic E-state index is 12.8. The van der Waals surface area contributed by atoms with E-state index in [1.54, 1.807) is 9.58 Å². The van der Waals surface area contributed by atoms with Crippen LogP contribution >= 0.6 is 0 Å². The van der Waals surface area contributed by atoms with Gasteiger partial charge >= 0.3 is 0 Å². The number of aryl methyl sites for hydroxylation is 1. The Morgan fingerprint density at radius 1 is 1.13 bits per heavy atom. The van der Waals surface area contributed by atoms with Crippen molar-refractivity contribution in [3.05, 3.63) is 41.6 Å². The van der Waals surface area contributed by atoms with Crippen LogP contribution in [0.25, 0.3) is 5.69 Å². The van der Waals surface area contributed by atoms with Crippen LogP contribution in [0, 0.1) is 6.92 Å². The molecule has 1 heterocycles. The number of carbonyl (C=O) groups is 2. The highest BCUT2D eigenvalue weighted by Crippen LogP contribution is 2.26. The number of nitrogens with one attached hydrogen (secondary N) is 1. The van der Waals surface area contributed by atoms with Crippen LogP contribution in [0.4, 0.5) is 5.82 Å². The average Bonchev–Trinajstić information content (AvgIpc) is 3.10. The lowest BCUT2D eigenvalue weighted by Gasteiger charge is -2.21. The van der Waals surface area contributed by atoms with Crippen LogP contribution in [-0.2, 0) is 15.0 Å². The predicted octanol–water partition coefficient (Wildman–Crippen LogP) is 4.85. The van der Waals surface area contributed by atoms with Crippen molar-refractivity contribution in [2.45, 2.75) is 72.6 Å². The highest BCUT2D eigenvalue weighted by atomic mass is 16.2. The SMILES string of the molecule is CCCCC(=O)N(CCC)CC(=O)Nc1cc(C(C)(C)C)nn1-c1cccc(C)c1. The van der Waals surface area contributed by atoms with E-state index in [1.165, 1.54) is 0 Å². The molecule has 0 saturated carbocycles. The fourth-order valence-electron chi connectivity index (χ4n) is 3.20. The third-order valence-electron chi connectivity index (χ3n) is 4.92. The van der Waals surface area contributed by atoms with E-state index in [1.807, 2.05) is 44.2 Å². The summed E-state index contributed by atoms with van der Waals surface area (Å²) in [6.07, 6.45) is 3.11. The zero-order valence-electron chi connectivity index (χ0n) is 19.3. The number of nitrogens with zero attached hydrogens (tertiary/aromatic N) is 3. The van der Waals surface area contributed by atoms with Gasteiger partial charge in [0.1, 0.15) is 5.82 Å². The molecular formula is C24H36N4O2. The number of hydrogen-bond donors (Lipinski definition) is 1. The summed E-state index contributed by atoms with van der Waals surface area (Å²) in [6, 6.07) is 9.93. The minimum atomic E-state index is -0.206. The first-order valence-corrected chi connectivity index (χ1v) is 10.9. The summed E-state index contributed by atoms with van der Waals surface area (Å²) in [6.45, 7) is 13.0. The molecule has 6 heteroatoms. The maximum atomic E-state index is 12.8. The number of carbonyl (C=O) groups excluding carboxylic acids is 2. The molecule has 1 N–H and O–H groups in total. The van der Waals surface area contributed by atoms with E-state index >= 15 is 0 Å². The fourth-order valence-corrected chi connectivity index (χ4v) is 3.20. The lowest BCUT2D eigenvalue weighted by molar-refractivity contribution is -0.134. The molecular weight excluding hydrogens is 376 g/mol. The molecule has 0 radical (unpaired) electrons. The van der Waals surface area contributed by atoms with Crippen LogP contribution in [0.3, 0.4) is 0 Å². The minimum absolute atomic E-state index is 0.0384. The number of benzene rings is 1. The van der Waals surface area contributed by atoms with E-state index in [2.05, 4.69) is 33.0 Å². The summed E-state index contributed by atoms with van der Waals surface area (Å²) in [5, 5.41) is 7.75. The van der Waals surface area contributed by atoms with Crippen LogP contribution in [0.1, 0.15) is 71.6 Å². The Balaban J connectivity index is 2.26. The molecule has 0 bridgehead atoms. The zero-order valence-corrected chi connectivity index (χ0v) is 19.3. The van der Waals surface area contributed by atoms with Gasteiger partial charge in [-0.25, -0.2) is 4.68 Å². The maximum Gasteiger partial charge on any atom is 0.245 e. The Bertz CT molecular complexity index is 864. The van der Waals surface area contributed by atoms with Gasteiger partial charge in [0.2, 0.25) is 11.8 Å². The fraction of sp³-hybridized carbons (Fsp3) is 0.542. The topological polar surface area (TPSA) is 67.2 Å². The molecule has 0 spiro atoms. The van der Waals surface area contributed by atoms with E-state index in [0.29, 0.717) is 18.8 Å². The van der Waals surface area contributed by atoms with Crippen molar-refractivity contribution in [2.24, 2.45) is 0 Å². The number of hydrogen-bond acceptors (Lipinski definition) is 3. The number of unbranched alkanes of at least 4 members (excludes halogenated alkanes) is 1. The van der Waals surface area contributed by atoms with Crippen molar-refractivity contribution in [1.82, 2.24) is 14.7 Å². The van der Waals surface area contributed by atoms with E-state index in [0.717, 1.165) is 36.2 Å². The smallest absolute Gasteiger partial charge is 0.245 e. The number of anilines is 1. The van der Waals surface area contributed by atoms with Gasteiger partial charge in [-0.2, -0.15) is 5.10 Å². The Hall–Kier alpha value is -2.63. The van der Waals surface area contributed by atoms with Gasteiger partial charge in [0.05, 0.1) is 17.9 Å². The summed E-state index contributed by atoms with van der Waals surface area (Å²) in [7, 11) is 0. The normalized spacial score (nSPS) is 11.4. The van der Waals surface area contributed by atoms with E-state index in [-0.39, 0.29) is 23.8 Å². The molecule has 6 nitrogen and oxygen atoms in total. The van der Waals surface area contributed by atoms with Gasteiger partial charge in [0.15, 0.2) is 0 Å². The first kappa shape index (κ1) is 23.6. The molecule has 0 aliphatic heterocycles. The number of aromatic nitrogens is 2. The van der Waals surface area contributed by atoms with Crippen LogP contribution in [0.5, 0.6) is 0 Å². The second-order valence-corrected chi connectivity index (χ2v) is 8.88. The van der Waals surface area contributed by atoms with Crippen molar-refractivity contribution in [3.8, 4) is 5.69 Å². The molecule has 2 aromatic rings. The van der Waals surface area contributed by atoms with E-state index < -0.39 is 0 Å². The molecule has 0 aliphatic carbocycles. The van der Waals surface area contributed by atoms with Crippen molar-refractivity contribution < 1.29 is 9.59 Å². The summed E-state index contributed by atoms with van der Waals surface area (Å²) in [5.41, 5.74) is 2.75. The number of rotatable bonds is 9. The average molecular weight is 413 g/mol. The Kier molecular flexibility index (Phi) is 8.21. The van der Waals surface area contributed by atoms with Gasteiger partial charge in [-0.15, -0.1) is 0 Å². The van der Waals surface area contributed by atoms with Crippen LogP contribution in [-0.4, -0.2) is 39.6 Å². The molecule has 0 fully saturated rings. The molecule has 2 amide bonds. The summed E-state index contributed by atoms with van der Waals surface area (Å²) >= 11 is 0. The monoisotopic (exact) mass is 412 g/mol. The first-order chi connectivity index (χ1) is 14.2. The summed E-state index contributed by atoms with van der Waals surface area (Å²) in [5.74, 6) is 0.451. The second-order valence-electron chi connectivity index (χ2n) is 8.88. The Labute approximate surface area is 180 Å². The van der Waals surface area contributed by atoms with E-state index in [9.17, 15) is 9.59 Å². The molecule has 0 unspecified atom stereocenters. The molecule has 1 aromatic carbocycles. The third-order valence-corrected chi connectivity index (χ3v) is 4.92. The second kappa shape index (κ2) is 10.4. The third kappa shape index (κ3) is 6.44. The standard InChI is InChI=1S/C24H36N4O2/c1-7-9-13-23(30)27(14-8-2)17-22(29)25-21-16-20(24(4,5)6)26-28(21)19-12-10-11-18(3)15-19/h10-12,15-16H,7-9,13-14,17H2,1-6H3,(H,25,29). The van der Waals surface area contributed by atoms with Gasteiger partial charge in [-0.1, -0.05) is 53.2 Å². The Morgan fingerprint density at radius 3 is 2.47 bits per heavy atom. The largest absolute Gasteiger partial charge is 0.333 e. The van der Waals surface area contributed by atoms with Gasteiger partial charge in [0, 0.05) is 24.4 Å². The first-order valence-electron chi connectivity index (χ1n) is 10.9. The minimum Gasteiger partial charge on any atom is -0.333 e. The van der Waals surface area contributed by atoms with Crippen molar-refractivity contribution in [1.29, 1.82) is 0 Å². The van der Waals surface area contributed by atoms with Gasteiger partial charge < -0.3 is 10.2 Å². The molecule has 0 atom stereocenters. The molecule has 0 aliphatic rings. The zero-order chi connectivity index (χ0) is 22.3. The quantitative estimate of drug-likeness (QED) is 0.640. The summed E-state index contributed by atoms with van der Waals surface area (Å²) in [4.78, 5) is 27.0. The summed E-state index contributed by atoms with van der Waals surface area (Å²) < 4.78 is 1.77. The van der Waals surface area contributed by atoms with Crippen molar-refractivity contribution in [2.75, 3.05) is 18.4 Å². The molecule has 0 saturated heterocycles. The lowest BCUT2D eigenvalue weighted by Crippen LogP contribution is -2.38.